The SMILES string of the molecule is OCCNC1CCc2c(F)cc(Br)cc21. The standard InChI is InChI=1S/C11H13BrFNO/c12-7-5-9-8(10(13)6-7)1-2-11(9)14-3-4-15/h5-6,11,14-15H,1-4H2. The zero-order chi connectivity index (χ0) is 10.8. The molecule has 0 saturated carbocycles. The minimum absolute atomic E-state index is 0.113. The van der Waals surface area contributed by atoms with Crippen molar-refractivity contribution in [1.82, 2.24) is 5.32 Å². The fourth-order valence-electron chi connectivity index (χ4n) is 2.09. The van der Waals surface area contributed by atoms with Gasteiger partial charge in [0.05, 0.1) is 6.61 Å². The van der Waals surface area contributed by atoms with Crippen molar-refractivity contribution < 1.29 is 9.50 Å². The lowest BCUT2D eigenvalue weighted by Gasteiger charge is -2.13. The van der Waals surface area contributed by atoms with Crippen LogP contribution in [0.25, 0.3) is 0 Å². The maximum absolute atomic E-state index is 13.5. The highest BCUT2D eigenvalue weighted by Crippen LogP contribution is 2.34. The highest BCUT2D eigenvalue weighted by Gasteiger charge is 2.24. The Morgan fingerprint density at radius 2 is 2.33 bits per heavy atom. The smallest absolute Gasteiger partial charge is 0.127 e. The molecule has 82 valence electrons. The predicted molar refractivity (Wildman–Crippen MR) is 60.3 cm³/mol. The Hall–Kier alpha value is -0.450. The molecule has 0 amide bonds. The summed E-state index contributed by atoms with van der Waals surface area (Å²) in [6.45, 7) is 0.667. The zero-order valence-corrected chi connectivity index (χ0v) is 9.85. The number of nitrogens with one attached hydrogen (secondary N) is 1. The van der Waals surface area contributed by atoms with E-state index >= 15 is 0 Å². The van der Waals surface area contributed by atoms with Gasteiger partial charge in [-0.3, -0.25) is 0 Å². The fraction of sp³-hybridized carbons (Fsp3) is 0.455. The summed E-state index contributed by atoms with van der Waals surface area (Å²) < 4.78 is 14.3. The number of aliphatic hydroxyl groups is 1. The van der Waals surface area contributed by atoms with E-state index in [1.165, 1.54) is 6.07 Å². The van der Waals surface area contributed by atoms with Gasteiger partial charge in [-0.15, -0.1) is 0 Å². The topological polar surface area (TPSA) is 32.3 Å². The molecule has 4 heteroatoms. The van der Waals surface area contributed by atoms with Crippen LogP contribution in [0.1, 0.15) is 23.6 Å². The van der Waals surface area contributed by atoms with E-state index in [0.29, 0.717) is 6.54 Å². The maximum atomic E-state index is 13.5. The summed E-state index contributed by atoms with van der Waals surface area (Å²) in [5, 5.41) is 11.9. The molecule has 1 atom stereocenters. The lowest BCUT2D eigenvalue weighted by Crippen LogP contribution is -2.22. The van der Waals surface area contributed by atoms with Crippen LogP contribution in [0.3, 0.4) is 0 Å². The molecule has 0 heterocycles. The fourth-order valence-corrected chi connectivity index (χ4v) is 2.54. The van der Waals surface area contributed by atoms with Crippen molar-refractivity contribution in [1.29, 1.82) is 0 Å². The van der Waals surface area contributed by atoms with E-state index in [9.17, 15) is 4.39 Å². The van der Waals surface area contributed by atoms with Crippen molar-refractivity contribution in [3.8, 4) is 0 Å². The normalized spacial score (nSPS) is 19.3. The Morgan fingerprint density at radius 1 is 1.53 bits per heavy atom. The zero-order valence-electron chi connectivity index (χ0n) is 8.26. The molecule has 0 spiro atoms. The van der Waals surface area contributed by atoms with E-state index in [-0.39, 0.29) is 18.5 Å². The van der Waals surface area contributed by atoms with Crippen molar-refractivity contribution in [3.63, 3.8) is 0 Å². The number of hydrogen-bond acceptors (Lipinski definition) is 2. The van der Waals surface area contributed by atoms with Gasteiger partial charge in [-0.05, 0) is 36.1 Å². The molecule has 1 aromatic rings. The van der Waals surface area contributed by atoms with Crippen LogP contribution in [-0.2, 0) is 6.42 Å². The summed E-state index contributed by atoms with van der Waals surface area (Å²) in [5.74, 6) is -0.132. The molecule has 1 aliphatic carbocycles. The number of fused-ring (bicyclic) bond motifs is 1. The molecular formula is C11H13BrFNO. The first-order valence-electron chi connectivity index (χ1n) is 5.04. The molecule has 0 bridgehead atoms. The van der Waals surface area contributed by atoms with Crippen molar-refractivity contribution in [2.45, 2.75) is 18.9 Å². The molecule has 0 aromatic heterocycles. The molecule has 1 unspecified atom stereocenters. The van der Waals surface area contributed by atoms with Crippen LogP contribution in [-0.4, -0.2) is 18.3 Å². The minimum atomic E-state index is -0.132. The summed E-state index contributed by atoms with van der Waals surface area (Å²) >= 11 is 3.29. The van der Waals surface area contributed by atoms with E-state index in [4.69, 9.17) is 5.11 Å². The molecule has 0 saturated heterocycles. The van der Waals surface area contributed by atoms with E-state index in [0.717, 1.165) is 28.4 Å². The molecule has 0 fully saturated rings. The van der Waals surface area contributed by atoms with Gasteiger partial charge in [0.1, 0.15) is 5.82 Å². The maximum Gasteiger partial charge on any atom is 0.127 e. The Balaban J connectivity index is 2.25. The van der Waals surface area contributed by atoms with E-state index in [1.54, 1.807) is 0 Å². The van der Waals surface area contributed by atoms with E-state index in [2.05, 4.69) is 21.2 Å². The Kier molecular flexibility index (Phi) is 3.38. The van der Waals surface area contributed by atoms with Crippen LogP contribution in [0.2, 0.25) is 0 Å². The molecule has 0 radical (unpaired) electrons. The van der Waals surface area contributed by atoms with Gasteiger partial charge in [0.15, 0.2) is 0 Å². The van der Waals surface area contributed by atoms with Crippen molar-refractivity contribution >= 4 is 15.9 Å². The van der Waals surface area contributed by atoms with Gasteiger partial charge in [-0.1, -0.05) is 15.9 Å². The average Bonchev–Trinajstić information content (AvgIpc) is 2.58. The molecule has 2 rings (SSSR count). The van der Waals surface area contributed by atoms with Gasteiger partial charge >= 0.3 is 0 Å². The third-order valence-corrected chi connectivity index (χ3v) is 3.21. The number of aliphatic hydroxyl groups excluding tert-OH is 1. The Bertz CT molecular complexity index is 370. The molecule has 2 nitrogen and oxygen atoms in total. The molecule has 1 aliphatic rings. The third-order valence-electron chi connectivity index (χ3n) is 2.76. The first kappa shape index (κ1) is 11.0. The van der Waals surface area contributed by atoms with Crippen LogP contribution in [0.5, 0.6) is 0 Å². The van der Waals surface area contributed by atoms with Gasteiger partial charge < -0.3 is 10.4 Å². The summed E-state index contributed by atoms with van der Waals surface area (Å²) in [4.78, 5) is 0. The van der Waals surface area contributed by atoms with E-state index in [1.807, 2.05) is 6.07 Å². The predicted octanol–water partition coefficient (Wildman–Crippen LogP) is 2.16. The molecule has 2 N–H and O–H groups in total. The van der Waals surface area contributed by atoms with Crippen LogP contribution in [0.15, 0.2) is 16.6 Å². The average molecular weight is 274 g/mol. The summed E-state index contributed by atoms with van der Waals surface area (Å²) in [6.07, 6.45) is 1.68. The lowest BCUT2D eigenvalue weighted by molar-refractivity contribution is 0.284. The Labute approximate surface area is 96.6 Å². The van der Waals surface area contributed by atoms with E-state index < -0.39 is 0 Å². The number of rotatable bonds is 3. The van der Waals surface area contributed by atoms with Crippen molar-refractivity contribution in [2.24, 2.45) is 0 Å². The summed E-state index contributed by atoms with van der Waals surface area (Å²) in [6, 6.07) is 3.65. The van der Waals surface area contributed by atoms with Crippen LogP contribution in [0.4, 0.5) is 4.39 Å². The number of halogens is 2. The quantitative estimate of drug-likeness (QED) is 0.885. The monoisotopic (exact) mass is 273 g/mol. The number of benzene rings is 1. The summed E-state index contributed by atoms with van der Waals surface area (Å²) in [5.41, 5.74) is 1.84. The van der Waals surface area contributed by atoms with Crippen LogP contribution in [0, 0.1) is 5.82 Å². The van der Waals surface area contributed by atoms with Crippen molar-refractivity contribution in [2.75, 3.05) is 13.2 Å². The second kappa shape index (κ2) is 4.60. The van der Waals surface area contributed by atoms with Crippen molar-refractivity contribution in [3.05, 3.63) is 33.5 Å². The van der Waals surface area contributed by atoms with Gasteiger partial charge in [0, 0.05) is 17.1 Å². The minimum Gasteiger partial charge on any atom is -0.395 e. The number of hydrogen-bond donors (Lipinski definition) is 2. The second-order valence-corrected chi connectivity index (χ2v) is 4.64. The highest BCUT2D eigenvalue weighted by atomic mass is 79.9. The molecule has 1 aromatic carbocycles. The molecule has 15 heavy (non-hydrogen) atoms. The van der Waals surface area contributed by atoms with Gasteiger partial charge in [-0.2, -0.15) is 0 Å². The van der Waals surface area contributed by atoms with Crippen LogP contribution >= 0.6 is 15.9 Å². The first-order chi connectivity index (χ1) is 7.22. The summed E-state index contributed by atoms with van der Waals surface area (Å²) in [7, 11) is 0. The lowest BCUT2D eigenvalue weighted by atomic mass is 10.1. The van der Waals surface area contributed by atoms with Gasteiger partial charge in [-0.25, -0.2) is 4.39 Å². The Morgan fingerprint density at radius 3 is 3.07 bits per heavy atom. The third kappa shape index (κ3) is 2.22. The largest absolute Gasteiger partial charge is 0.395 e. The molecular weight excluding hydrogens is 261 g/mol. The highest BCUT2D eigenvalue weighted by molar-refractivity contribution is 9.10. The molecule has 0 aliphatic heterocycles. The first-order valence-corrected chi connectivity index (χ1v) is 5.83. The second-order valence-electron chi connectivity index (χ2n) is 3.72. The van der Waals surface area contributed by atoms with Gasteiger partial charge in [0.25, 0.3) is 0 Å². The van der Waals surface area contributed by atoms with Gasteiger partial charge in [0.2, 0.25) is 0 Å². The van der Waals surface area contributed by atoms with Crippen LogP contribution < -0.4 is 5.32 Å².